The van der Waals surface area contributed by atoms with Crippen molar-refractivity contribution in [2.75, 3.05) is 6.61 Å². The van der Waals surface area contributed by atoms with Gasteiger partial charge in [-0.3, -0.25) is 4.79 Å². The lowest BCUT2D eigenvalue weighted by atomic mass is 10.2. The minimum Gasteiger partial charge on any atom is -0.493 e. The summed E-state index contributed by atoms with van der Waals surface area (Å²) in [7, 11) is -3.85. The van der Waals surface area contributed by atoms with E-state index in [2.05, 4.69) is 0 Å². The second-order valence-corrected chi connectivity index (χ2v) is 4.56. The van der Waals surface area contributed by atoms with Crippen molar-refractivity contribution < 1.29 is 17.9 Å². The molecule has 1 aromatic rings. The summed E-state index contributed by atoms with van der Waals surface area (Å²) in [4.78, 5) is 10.9. The lowest BCUT2D eigenvalue weighted by molar-refractivity contribution is 0.0996. The van der Waals surface area contributed by atoms with E-state index in [4.69, 9.17) is 15.6 Å². The molecule has 0 aromatic heterocycles. The highest BCUT2D eigenvalue weighted by molar-refractivity contribution is 7.89. The van der Waals surface area contributed by atoms with Crippen LogP contribution in [0.25, 0.3) is 0 Å². The van der Waals surface area contributed by atoms with Crippen LogP contribution in [0.2, 0.25) is 0 Å². The summed E-state index contributed by atoms with van der Waals surface area (Å²) in [5.74, 6) is -0.531. The fourth-order valence-electron chi connectivity index (χ4n) is 1.16. The molecule has 0 saturated carbocycles. The van der Waals surface area contributed by atoms with Gasteiger partial charge in [0.2, 0.25) is 10.0 Å². The van der Waals surface area contributed by atoms with Gasteiger partial charge in [-0.05, 0) is 25.1 Å². The van der Waals surface area contributed by atoms with Crippen molar-refractivity contribution in [1.29, 1.82) is 0 Å². The minimum absolute atomic E-state index is 0.00613. The van der Waals surface area contributed by atoms with E-state index in [1.807, 2.05) is 0 Å². The second kappa shape index (κ2) is 4.50. The third kappa shape index (κ3) is 2.71. The minimum atomic E-state index is -3.85. The van der Waals surface area contributed by atoms with Crippen molar-refractivity contribution in [3.8, 4) is 5.75 Å². The molecule has 0 bridgehead atoms. The van der Waals surface area contributed by atoms with Crippen LogP contribution in [0.4, 0.5) is 0 Å². The molecule has 0 fully saturated rings. The fraction of sp³-hybridized carbons (Fsp3) is 0.222. The van der Waals surface area contributed by atoms with Crippen LogP contribution in [-0.4, -0.2) is 20.9 Å². The van der Waals surface area contributed by atoms with Gasteiger partial charge in [-0.2, -0.15) is 0 Å². The van der Waals surface area contributed by atoms with Crippen LogP contribution >= 0.6 is 0 Å². The molecule has 88 valence electrons. The van der Waals surface area contributed by atoms with Crippen molar-refractivity contribution in [3.63, 3.8) is 0 Å². The van der Waals surface area contributed by atoms with Crippen LogP contribution in [0.5, 0.6) is 5.75 Å². The number of ether oxygens (including phenoxy) is 1. The maximum absolute atomic E-state index is 11.1. The Kier molecular flexibility index (Phi) is 3.51. The van der Waals surface area contributed by atoms with Crippen molar-refractivity contribution in [1.82, 2.24) is 0 Å². The average molecular weight is 244 g/mol. The molecule has 0 unspecified atom stereocenters. The molecule has 0 spiro atoms. The Bertz CT molecular complexity index is 510. The third-order valence-electron chi connectivity index (χ3n) is 1.84. The first kappa shape index (κ1) is 12.5. The summed E-state index contributed by atoms with van der Waals surface area (Å²) in [5.41, 5.74) is 5.10. The zero-order chi connectivity index (χ0) is 12.3. The molecule has 6 nitrogen and oxygen atoms in total. The van der Waals surface area contributed by atoms with Crippen LogP contribution in [0, 0.1) is 0 Å². The van der Waals surface area contributed by atoms with E-state index in [1.54, 1.807) is 6.92 Å². The number of carbonyl (C=O) groups is 1. The molecule has 4 N–H and O–H groups in total. The van der Waals surface area contributed by atoms with Crippen LogP contribution < -0.4 is 15.6 Å². The van der Waals surface area contributed by atoms with Gasteiger partial charge < -0.3 is 10.5 Å². The predicted molar refractivity (Wildman–Crippen MR) is 57.5 cm³/mol. The Labute approximate surface area is 93.2 Å². The Morgan fingerprint density at radius 1 is 1.44 bits per heavy atom. The van der Waals surface area contributed by atoms with E-state index >= 15 is 0 Å². The molecule has 0 aliphatic rings. The summed E-state index contributed by atoms with van der Waals surface area (Å²) >= 11 is 0. The number of primary amides is 1. The first-order valence-electron chi connectivity index (χ1n) is 4.45. The average Bonchev–Trinajstić information content (AvgIpc) is 2.16. The van der Waals surface area contributed by atoms with E-state index in [-0.39, 0.29) is 16.2 Å². The van der Waals surface area contributed by atoms with Gasteiger partial charge in [-0.25, -0.2) is 13.6 Å². The van der Waals surface area contributed by atoms with Gasteiger partial charge in [0.05, 0.1) is 17.1 Å². The predicted octanol–water partition coefficient (Wildman–Crippen LogP) is -0.168. The number of hydrogen-bond donors (Lipinski definition) is 2. The zero-order valence-corrected chi connectivity index (χ0v) is 9.45. The van der Waals surface area contributed by atoms with E-state index < -0.39 is 15.9 Å². The topological polar surface area (TPSA) is 112 Å². The number of primary sulfonamides is 1. The monoisotopic (exact) mass is 244 g/mol. The summed E-state index contributed by atoms with van der Waals surface area (Å²) in [6.45, 7) is 2.08. The molecule has 0 saturated heterocycles. The molecular weight excluding hydrogens is 232 g/mol. The largest absolute Gasteiger partial charge is 0.493 e. The number of benzene rings is 1. The Hall–Kier alpha value is -1.60. The molecule has 0 radical (unpaired) electrons. The molecular formula is C9H12N2O4S. The quantitative estimate of drug-likeness (QED) is 0.765. The number of sulfonamides is 1. The summed E-state index contributed by atoms with van der Waals surface area (Å²) in [5, 5.41) is 4.93. The smallest absolute Gasteiger partial charge is 0.252 e. The number of rotatable bonds is 4. The van der Waals surface area contributed by atoms with Crippen LogP contribution in [0.15, 0.2) is 23.1 Å². The first-order valence-corrected chi connectivity index (χ1v) is 6.00. The van der Waals surface area contributed by atoms with Gasteiger partial charge in [0, 0.05) is 0 Å². The molecule has 0 heterocycles. The number of amides is 1. The molecule has 1 rings (SSSR count). The highest BCUT2D eigenvalue weighted by Crippen LogP contribution is 2.21. The number of hydrogen-bond acceptors (Lipinski definition) is 4. The van der Waals surface area contributed by atoms with Gasteiger partial charge in [-0.1, -0.05) is 0 Å². The van der Waals surface area contributed by atoms with Gasteiger partial charge in [0.1, 0.15) is 5.75 Å². The third-order valence-corrected chi connectivity index (χ3v) is 2.76. The summed E-state index contributed by atoms with van der Waals surface area (Å²) < 4.78 is 27.3. The highest BCUT2D eigenvalue weighted by Gasteiger charge is 2.15. The van der Waals surface area contributed by atoms with Crippen molar-refractivity contribution >= 4 is 15.9 Å². The van der Waals surface area contributed by atoms with Crippen molar-refractivity contribution in [2.24, 2.45) is 10.9 Å². The maximum Gasteiger partial charge on any atom is 0.252 e. The van der Waals surface area contributed by atoms with Gasteiger partial charge in [0.15, 0.2) is 0 Å². The zero-order valence-electron chi connectivity index (χ0n) is 8.64. The van der Waals surface area contributed by atoms with Crippen LogP contribution in [0.3, 0.4) is 0 Å². The van der Waals surface area contributed by atoms with E-state index in [0.717, 1.165) is 6.07 Å². The second-order valence-electron chi connectivity index (χ2n) is 3.00. The van der Waals surface area contributed by atoms with E-state index in [9.17, 15) is 13.2 Å². The van der Waals surface area contributed by atoms with Crippen LogP contribution in [0.1, 0.15) is 17.3 Å². The molecule has 16 heavy (non-hydrogen) atoms. The molecule has 1 aromatic carbocycles. The Morgan fingerprint density at radius 2 is 2.06 bits per heavy atom. The van der Waals surface area contributed by atoms with Gasteiger partial charge in [0.25, 0.3) is 5.91 Å². The lowest BCUT2D eigenvalue weighted by Gasteiger charge is -2.08. The van der Waals surface area contributed by atoms with E-state index in [1.165, 1.54) is 12.1 Å². The summed E-state index contributed by atoms with van der Waals surface area (Å²) in [6, 6.07) is 3.71. The fourth-order valence-corrected chi connectivity index (χ4v) is 1.70. The maximum atomic E-state index is 11.1. The molecule has 7 heteroatoms. The lowest BCUT2D eigenvalue weighted by Crippen LogP contribution is -2.17. The van der Waals surface area contributed by atoms with Crippen LogP contribution in [-0.2, 0) is 10.0 Å². The van der Waals surface area contributed by atoms with Crippen molar-refractivity contribution in [2.45, 2.75) is 11.8 Å². The highest BCUT2D eigenvalue weighted by atomic mass is 32.2. The number of carbonyl (C=O) groups excluding carboxylic acids is 1. The normalized spacial score (nSPS) is 11.1. The standard InChI is InChI=1S/C9H12N2O4S/c1-2-15-8-4-3-6(16(11,13)14)5-7(8)9(10)12/h3-5H,2H2,1H3,(H2,10,12)(H2,11,13,14). The SMILES string of the molecule is CCOc1ccc(S(N)(=O)=O)cc1C(N)=O. The molecule has 0 atom stereocenters. The Morgan fingerprint density at radius 3 is 2.50 bits per heavy atom. The molecule has 0 aliphatic heterocycles. The molecule has 0 aliphatic carbocycles. The van der Waals surface area contributed by atoms with Gasteiger partial charge in [-0.15, -0.1) is 0 Å². The summed E-state index contributed by atoms with van der Waals surface area (Å²) in [6.07, 6.45) is 0. The van der Waals surface area contributed by atoms with E-state index in [0.29, 0.717) is 6.61 Å². The molecule has 1 amide bonds. The Balaban J connectivity index is 3.34. The van der Waals surface area contributed by atoms with Gasteiger partial charge >= 0.3 is 0 Å². The first-order chi connectivity index (χ1) is 7.36. The van der Waals surface area contributed by atoms with Crippen molar-refractivity contribution in [3.05, 3.63) is 23.8 Å². The number of nitrogens with two attached hydrogens (primary N) is 2.